The normalized spacial score (nSPS) is 16.3. The minimum absolute atomic E-state index is 0.252. The summed E-state index contributed by atoms with van der Waals surface area (Å²) >= 11 is 0. The Morgan fingerprint density at radius 3 is 2.07 bits per heavy atom. The second-order valence-electron chi connectivity index (χ2n) is 13.2. The van der Waals surface area contributed by atoms with Crippen LogP contribution in [0.15, 0.2) is 48.5 Å². The summed E-state index contributed by atoms with van der Waals surface area (Å²) in [4.78, 5) is 81.7. The van der Waals surface area contributed by atoms with Gasteiger partial charge in [-0.3, -0.25) is 28.8 Å². The first-order valence-corrected chi connectivity index (χ1v) is 15.3. The van der Waals surface area contributed by atoms with E-state index < -0.39 is 53.0 Å². The summed E-state index contributed by atoms with van der Waals surface area (Å²) in [5, 5.41) is 7.70. The molecule has 11 heteroatoms. The molecule has 2 aromatic rings. The lowest BCUT2D eigenvalue weighted by atomic mass is 9.84. The molecule has 0 aliphatic carbocycles. The van der Waals surface area contributed by atoms with Crippen LogP contribution < -0.4 is 16.0 Å². The van der Waals surface area contributed by atoms with Crippen LogP contribution in [0.25, 0.3) is 0 Å². The maximum Gasteiger partial charge on any atom is 0.290 e. The highest BCUT2D eigenvalue weighted by molar-refractivity contribution is 6.38. The molecule has 0 spiro atoms. The highest BCUT2D eigenvalue weighted by Crippen LogP contribution is 2.32. The molecule has 45 heavy (non-hydrogen) atoms. The number of ketones is 1. The molecule has 2 heterocycles. The summed E-state index contributed by atoms with van der Waals surface area (Å²) in [6.45, 7) is 11.3. The van der Waals surface area contributed by atoms with Crippen molar-refractivity contribution in [1.29, 1.82) is 0 Å². The van der Waals surface area contributed by atoms with E-state index in [-0.39, 0.29) is 24.9 Å². The van der Waals surface area contributed by atoms with Gasteiger partial charge >= 0.3 is 0 Å². The SMILES string of the molecule is CC(C)[C@H](NC(=O)[C@H](C)NC(=O)[C@@H](N1Cc2ccccc2C1=O)C(C)(C)C)C(=O)C(=O)NCC(=O)N1CCc2ccccc2C1. The third kappa shape index (κ3) is 7.58. The fraction of sp³-hybridized carbons (Fsp3) is 0.471. The Kier molecular flexibility index (Phi) is 10.1. The fourth-order valence-corrected chi connectivity index (χ4v) is 5.86. The molecule has 3 N–H and O–H groups in total. The van der Waals surface area contributed by atoms with Crippen molar-refractivity contribution in [3.8, 4) is 0 Å². The molecule has 0 radical (unpaired) electrons. The van der Waals surface area contributed by atoms with Crippen molar-refractivity contribution in [2.75, 3.05) is 13.1 Å². The van der Waals surface area contributed by atoms with Gasteiger partial charge in [-0.15, -0.1) is 0 Å². The summed E-state index contributed by atoms with van der Waals surface area (Å²) in [7, 11) is 0. The number of nitrogens with one attached hydrogen (secondary N) is 3. The number of Topliss-reactive ketones (excluding diaryl/α,β-unsaturated/α-hetero) is 1. The largest absolute Gasteiger partial charge is 0.344 e. The first kappa shape index (κ1) is 33.4. The van der Waals surface area contributed by atoms with Gasteiger partial charge < -0.3 is 25.8 Å². The van der Waals surface area contributed by atoms with Crippen LogP contribution in [0.3, 0.4) is 0 Å². The third-order valence-electron chi connectivity index (χ3n) is 8.34. The first-order chi connectivity index (χ1) is 21.2. The third-order valence-corrected chi connectivity index (χ3v) is 8.34. The quantitative estimate of drug-likeness (QED) is 0.348. The Balaban J connectivity index is 1.33. The number of fused-ring (bicyclic) bond motifs is 2. The van der Waals surface area contributed by atoms with Crippen molar-refractivity contribution in [3.05, 3.63) is 70.8 Å². The molecule has 2 aliphatic heterocycles. The van der Waals surface area contributed by atoms with Crippen molar-refractivity contribution in [3.63, 3.8) is 0 Å². The van der Waals surface area contributed by atoms with Gasteiger partial charge in [0, 0.05) is 25.2 Å². The van der Waals surface area contributed by atoms with E-state index in [1.165, 1.54) is 17.4 Å². The lowest BCUT2D eigenvalue weighted by molar-refractivity contribution is -0.142. The molecule has 0 fully saturated rings. The van der Waals surface area contributed by atoms with Crippen molar-refractivity contribution in [2.45, 2.75) is 79.2 Å². The molecule has 0 aromatic heterocycles. The molecule has 2 aromatic carbocycles. The summed E-state index contributed by atoms with van der Waals surface area (Å²) < 4.78 is 0. The Hall–Kier alpha value is -4.54. The molecule has 4 rings (SSSR count). The van der Waals surface area contributed by atoms with Crippen molar-refractivity contribution < 1.29 is 28.8 Å². The van der Waals surface area contributed by atoms with E-state index in [2.05, 4.69) is 16.0 Å². The monoisotopic (exact) mass is 617 g/mol. The molecule has 0 saturated carbocycles. The van der Waals surface area contributed by atoms with Crippen molar-refractivity contribution >= 4 is 35.3 Å². The molecule has 0 bridgehead atoms. The van der Waals surface area contributed by atoms with E-state index in [0.29, 0.717) is 25.1 Å². The maximum atomic E-state index is 13.5. The predicted molar refractivity (Wildman–Crippen MR) is 168 cm³/mol. The molecular weight excluding hydrogens is 574 g/mol. The number of rotatable bonds is 10. The Labute approximate surface area is 264 Å². The van der Waals surface area contributed by atoms with Gasteiger partial charge in [0.15, 0.2) is 0 Å². The van der Waals surface area contributed by atoms with E-state index in [1.807, 2.05) is 57.2 Å². The number of carbonyl (C=O) groups is 6. The van der Waals surface area contributed by atoms with Crippen LogP contribution in [0.5, 0.6) is 0 Å². The van der Waals surface area contributed by atoms with Crippen molar-refractivity contribution in [1.82, 2.24) is 25.8 Å². The average Bonchev–Trinajstić information content (AvgIpc) is 3.31. The van der Waals surface area contributed by atoms with E-state index in [4.69, 9.17) is 0 Å². The summed E-state index contributed by atoms with van der Waals surface area (Å²) in [5.41, 5.74) is 2.96. The second kappa shape index (κ2) is 13.6. The smallest absolute Gasteiger partial charge is 0.290 e. The maximum absolute atomic E-state index is 13.5. The fourth-order valence-electron chi connectivity index (χ4n) is 5.86. The minimum atomic E-state index is -1.18. The van der Waals surface area contributed by atoms with Crippen LogP contribution in [0.4, 0.5) is 0 Å². The topological polar surface area (TPSA) is 145 Å². The number of hydrogen-bond donors (Lipinski definition) is 3. The average molecular weight is 618 g/mol. The van der Waals surface area contributed by atoms with E-state index in [1.54, 1.807) is 30.9 Å². The van der Waals surface area contributed by atoms with Crippen LogP contribution >= 0.6 is 0 Å². The van der Waals surface area contributed by atoms with Gasteiger partial charge in [-0.2, -0.15) is 0 Å². The van der Waals surface area contributed by atoms with Gasteiger partial charge in [-0.05, 0) is 47.4 Å². The molecule has 0 saturated heterocycles. The number of amides is 5. The lowest BCUT2D eigenvalue weighted by Gasteiger charge is -2.37. The Bertz CT molecular complexity index is 1500. The Morgan fingerprint density at radius 2 is 1.44 bits per heavy atom. The van der Waals surface area contributed by atoms with E-state index >= 15 is 0 Å². The lowest BCUT2D eigenvalue weighted by Crippen LogP contribution is -2.59. The van der Waals surface area contributed by atoms with Crippen LogP contribution in [-0.2, 0) is 43.5 Å². The van der Waals surface area contributed by atoms with Crippen molar-refractivity contribution in [2.24, 2.45) is 11.3 Å². The number of carbonyl (C=O) groups excluding carboxylic acids is 6. The van der Waals surface area contributed by atoms with Crippen LogP contribution in [0.2, 0.25) is 0 Å². The first-order valence-electron chi connectivity index (χ1n) is 15.3. The van der Waals surface area contributed by atoms with Gasteiger partial charge in [0.25, 0.3) is 11.8 Å². The van der Waals surface area contributed by atoms with E-state index in [0.717, 1.165) is 11.1 Å². The summed E-state index contributed by atoms with van der Waals surface area (Å²) in [6.07, 6.45) is 0.712. The molecule has 0 unspecified atom stereocenters. The summed E-state index contributed by atoms with van der Waals surface area (Å²) in [5.74, 6) is -4.03. The zero-order valence-electron chi connectivity index (χ0n) is 26.8. The van der Waals surface area contributed by atoms with Gasteiger partial charge in [0.2, 0.25) is 23.5 Å². The van der Waals surface area contributed by atoms with Crippen LogP contribution in [-0.4, -0.2) is 76.3 Å². The molecule has 240 valence electrons. The van der Waals surface area contributed by atoms with Gasteiger partial charge in [-0.1, -0.05) is 77.1 Å². The van der Waals surface area contributed by atoms with Gasteiger partial charge in [-0.25, -0.2) is 0 Å². The highest BCUT2D eigenvalue weighted by Gasteiger charge is 2.43. The number of hydrogen-bond acceptors (Lipinski definition) is 6. The van der Waals surface area contributed by atoms with Gasteiger partial charge in [0.05, 0.1) is 12.6 Å². The van der Waals surface area contributed by atoms with Gasteiger partial charge in [0.1, 0.15) is 12.1 Å². The number of benzene rings is 2. The van der Waals surface area contributed by atoms with Crippen LogP contribution in [0, 0.1) is 11.3 Å². The zero-order chi connectivity index (χ0) is 33.1. The highest BCUT2D eigenvalue weighted by atomic mass is 16.2. The standard InChI is InChI=1S/C34H43N5O6/c1-20(2)27(28(41)31(43)35-17-26(40)38-16-15-22-11-7-8-12-23(22)18-38)37-30(42)21(3)36-32(44)29(34(4,5)6)39-19-24-13-9-10-14-25(24)33(39)45/h7-14,20-21,27,29H,15-19H2,1-6H3,(H,35,43)(H,36,44)(H,37,42)/t21-,27-,29+/m0/s1. The summed E-state index contributed by atoms with van der Waals surface area (Å²) in [6, 6.07) is 11.9. The molecule has 2 aliphatic rings. The predicted octanol–water partition coefficient (Wildman–Crippen LogP) is 1.97. The number of nitrogens with zero attached hydrogens (tertiary/aromatic N) is 2. The molecular formula is C34H43N5O6. The van der Waals surface area contributed by atoms with Crippen LogP contribution in [0.1, 0.15) is 68.6 Å². The zero-order valence-corrected chi connectivity index (χ0v) is 26.8. The second-order valence-corrected chi connectivity index (χ2v) is 13.2. The minimum Gasteiger partial charge on any atom is -0.344 e. The molecule has 5 amide bonds. The Morgan fingerprint density at radius 1 is 0.822 bits per heavy atom. The van der Waals surface area contributed by atoms with E-state index in [9.17, 15) is 28.8 Å². The molecule has 11 nitrogen and oxygen atoms in total. The molecule has 3 atom stereocenters.